The van der Waals surface area contributed by atoms with Crippen LogP contribution < -0.4 is 4.72 Å². The zero-order valence-corrected chi connectivity index (χ0v) is 6.55. The Balaban J connectivity index is 2.51. The van der Waals surface area contributed by atoms with Gasteiger partial charge in [-0.05, 0) is 0 Å². The monoisotopic (exact) mass is 180 g/mol. The van der Waals surface area contributed by atoms with Crippen LogP contribution in [0.1, 0.15) is 0 Å². The van der Waals surface area contributed by atoms with Crippen molar-refractivity contribution in [2.24, 2.45) is 0 Å². The molecule has 1 aliphatic heterocycles. The second-order valence-corrected chi connectivity index (χ2v) is 3.09. The van der Waals surface area contributed by atoms with Crippen molar-refractivity contribution in [2.45, 2.75) is 0 Å². The molecule has 1 saturated heterocycles. The molecule has 0 unspecified atom stereocenters. The quantitative estimate of drug-likeness (QED) is 0.292. The molecule has 12 heavy (non-hydrogen) atoms. The van der Waals surface area contributed by atoms with E-state index < -0.39 is 17.5 Å². The van der Waals surface area contributed by atoms with Gasteiger partial charge in [0.25, 0.3) is 5.91 Å². The first-order chi connectivity index (χ1) is 5.68. The maximum absolute atomic E-state index is 10.9. The van der Waals surface area contributed by atoms with Crippen LogP contribution in [0.4, 0.5) is 0 Å². The molecule has 1 fully saturated rings. The zero-order valence-electron chi connectivity index (χ0n) is 5.73. The number of rotatable bonds is 0. The Hall–Kier alpha value is -1.36. The number of carbonyl (C=O) groups excluding carboxylic acids is 3. The van der Waals surface area contributed by atoms with Crippen molar-refractivity contribution < 1.29 is 14.4 Å². The molecule has 2 aliphatic rings. The zero-order chi connectivity index (χ0) is 8.72. The van der Waals surface area contributed by atoms with Crippen molar-refractivity contribution >= 4 is 29.4 Å². The molecule has 59 valence electrons. The van der Waals surface area contributed by atoms with Crippen LogP contribution in [-0.2, 0) is 14.4 Å². The van der Waals surface area contributed by atoms with Crippen LogP contribution in [0.5, 0.6) is 0 Å². The summed E-state index contributed by atoms with van der Waals surface area (Å²) in [5.41, 5.74) is 0.240. The molecule has 1 heterocycles. The number of allylic oxidation sites excluding steroid dienone is 2. The van der Waals surface area contributed by atoms with Gasteiger partial charge in [0, 0.05) is 29.0 Å². The lowest BCUT2D eigenvalue weighted by molar-refractivity contribution is -0.131. The molecule has 0 N–H and O–H groups in total. The fourth-order valence-electron chi connectivity index (χ4n) is 0.924. The predicted molar refractivity (Wildman–Crippen MR) is 40.9 cm³/mol. The average Bonchev–Trinajstić information content (AvgIpc) is 2.35. The largest absolute Gasteiger partial charge is 0.286 e. The number of hydrogen-bond acceptors (Lipinski definition) is 4. The van der Waals surface area contributed by atoms with Crippen LogP contribution in [0.3, 0.4) is 0 Å². The summed E-state index contributed by atoms with van der Waals surface area (Å²) >= 11 is 0.935. The van der Waals surface area contributed by atoms with Gasteiger partial charge in [-0.3, -0.25) is 14.4 Å². The van der Waals surface area contributed by atoms with E-state index in [-0.39, 0.29) is 5.57 Å². The first-order valence-corrected chi connectivity index (χ1v) is 3.90. The topological polar surface area (TPSA) is 65.3 Å². The van der Waals surface area contributed by atoms with Gasteiger partial charge in [-0.15, -0.1) is 0 Å². The lowest BCUT2D eigenvalue weighted by atomic mass is 10.0. The lowest BCUT2D eigenvalue weighted by Gasteiger charge is -1.99. The molecule has 0 aromatic rings. The summed E-state index contributed by atoms with van der Waals surface area (Å²) in [6, 6.07) is 0. The molecular formula is C7H2NO3S. The summed E-state index contributed by atoms with van der Waals surface area (Å²) in [5.74, 6) is -1.68. The van der Waals surface area contributed by atoms with E-state index in [0.29, 0.717) is 4.91 Å². The maximum Gasteiger partial charge on any atom is 0.285 e. The van der Waals surface area contributed by atoms with Gasteiger partial charge in [0.15, 0.2) is 0 Å². The van der Waals surface area contributed by atoms with Gasteiger partial charge >= 0.3 is 0 Å². The highest BCUT2D eigenvalue weighted by Gasteiger charge is 2.31. The molecule has 0 aromatic carbocycles. The summed E-state index contributed by atoms with van der Waals surface area (Å²) in [5, 5.41) is 0. The summed E-state index contributed by atoms with van der Waals surface area (Å²) in [6.45, 7) is 0. The fourth-order valence-corrected chi connectivity index (χ4v) is 1.61. The van der Waals surface area contributed by atoms with Crippen LogP contribution >= 0.6 is 11.9 Å². The van der Waals surface area contributed by atoms with Crippen molar-refractivity contribution in [1.29, 1.82) is 0 Å². The average molecular weight is 180 g/mol. The lowest BCUT2D eigenvalue weighted by Crippen LogP contribution is -2.15. The molecule has 0 atom stereocenters. The van der Waals surface area contributed by atoms with Gasteiger partial charge in [0.2, 0.25) is 11.6 Å². The van der Waals surface area contributed by atoms with Crippen molar-refractivity contribution in [3.63, 3.8) is 0 Å². The highest BCUT2D eigenvalue weighted by molar-refractivity contribution is 8.02. The molecule has 0 spiro atoms. The van der Waals surface area contributed by atoms with Crippen LogP contribution in [0, 0.1) is 0 Å². The minimum absolute atomic E-state index is 0.240. The first kappa shape index (κ1) is 7.30. The molecule has 1 amide bonds. The first-order valence-electron chi connectivity index (χ1n) is 3.13. The number of nitrogens with zero attached hydrogens (tertiary/aromatic N) is 1. The molecule has 0 saturated carbocycles. The number of fused-ring (bicyclic) bond motifs is 1. The van der Waals surface area contributed by atoms with E-state index in [9.17, 15) is 14.4 Å². The second kappa shape index (κ2) is 2.31. The van der Waals surface area contributed by atoms with E-state index in [4.69, 9.17) is 0 Å². The van der Waals surface area contributed by atoms with Crippen molar-refractivity contribution in [3.05, 3.63) is 22.6 Å². The molecule has 5 heteroatoms. The molecule has 1 radical (unpaired) electrons. The number of ketones is 2. The Labute approximate surface area is 71.8 Å². The van der Waals surface area contributed by atoms with Crippen LogP contribution in [-0.4, -0.2) is 17.5 Å². The van der Waals surface area contributed by atoms with E-state index >= 15 is 0 Å². The van der Waals surface area contributed by atoms with Gasteiger partial charge < -0.3 is 0 Å². The van der Waals surface area contributed by atoms with Gasteiger partial charge in [0.05, 0.1) is 5.57 Å². The molecule has 2 rings (SSSR count). The smallest absolute Gasteiger partial charge is 0.285 e. The molecular weight excluding hydrogens is 178 g/mol. The Bertz CT molecular complexity index is 367. The Morgan fingerprint density at radius 2 is 1.75 bits per heavy atom. The standard InChI is InChI=1S/C7H2NO3S/c9-4-1-3-6(2-5(4)10)12-8-7(3)11/h1-2H. The summed E-state index contributed by atoms with van der Waals surface area (Å²) in [6.07, 6.45) is 2.19. The SMILES string of the molecule is O=C1C=C2S[N]C(=O)C2=CC1=O. The third-order valence-electron chi connectivity index (χ3n) is 1.50. The minimum atomic E-state index is -0.653. The summed E-state index contributed by atoms with van der Waals surface area (Å²) in [4.78, 5) is 33.0. The maximum atomic E-state index is 10.9. The highest BCUT2D eigenvalue weighted by Crippen LogP contribution is 2.32. The minimum Gasteiger partial charge on any atom is -0.286 e. The normalized spacial score (nSPS) is 21.5. The number of hydrogen-bond donors (Lipinski definition) is 0. The number of amides is 1. The van der Waals surface area contributed by atoms with Crippen LogP contribution in [0.15, 0.2) is 22.6 Å². The van der Waals surface area contributed by atoms with Gasteiger partial charge in [0.1, 0.15) is 0 Å². The van der Waals surface area contributed by atoms with E-state index in [1.807, 2.05) is 0 Å². The van der Waals surface area contributed by atoms with E-state index in [1.165, 1.54) is 0 Å². The van der Waals surface area contributed by atoms with Crippen molar-refractivity contribution in [3.8, 4) is 0 Å². The second-order valence-electron chi connectivity index (χ2n) is 2.28. The Morgan fingerprint density at radius 1 is 1.08 bits per heavy atom. The Kier molecular flexibility index (Phi) is 1.41. The molecule has 4 nitrogen and oxygen atoms in total. The van der Waals surface area contributed by atoms with E-state index in [0.717, 1.165) is 24.1 Å². The van der Waals surface area contributed by atoms with Crippen molar-refractivity contribution in [1.82, 2.24) is 4.72 Å². The highest BCUT2D eigenvalue weighted by atomic mass is 32.2. The molecule has 0 aromatic heterocycles. The van der Waals surface area contributed by atoms with Gasteiger partial charge in [-0.2, -0.15) is 4.72 Å². The Morgan fingerprint density at radius 3 is 2.50 bits per heavy atom. The fraction of sp³-hybridized carbons (Fsp3) is 0. The molecule has 1 aliphatic carbocycles. The van der Waals surface area contributed by atoms with E-state index in [2.05, 4.69) is 4.72 Å². The van der Waals surface area contributed by atoms with Gasteiger partial charge in [-0.25, -0.2) is 0 Å². The summed E-state index contributed by atoms with van der Waals surface area (Å²) in [7, 11) is 0. The third-order valence-corrected chi connectivity index (χ3v) is 2.29. The van der Waals surface area contributed by atoms with Crippen LogP contribution in [0.25, 0.3) is 0 Å². The van der Waals surface area contributed by atoms with E-state index in [1.54, 1.807) is 0 Å². The van der Waals surface area contributed by atoms with Crippen LogP contribution in [0.2, 0.25) is 0 Å². The summed E-state index contributed by atoms with van der Waals surface area (Å²) < 4.78 is 3.49. The molecule has 0 bridgehead atoms. The third kappa shape index (κ3) is 0.902. The van der Waals surface area contributed by atoms with Crippen molar-refractivity contribution in [2.75, 3.05) is 0 Å². The van der Waals surface area contributed by atoms with Gasteiger partial charge in [-0.1, -0.05) is 0 Å². The predicted octanol–water partition coefficient (Wildman–Crippen LogP) is -0.259. The number of carbonyl (C=O) groups is 3.